The summed E-state index contributed by atoms with van der Waals surface area (Å²) in [5, 5.41) is 9.75. The van der Waals surface area contributed by atoms with Crippen LogP contribution in [0.15, 0.2) is 36.5 Å². The molecule has 11 heteroatoms. The Bertz CT molecular complexity index is 1090. The van der Waals surface area contributed by atoms with E-state index < -0.39 is 11.8 Å². The van der Waals surface area contributed by atoms with Crippen LogP contribution >= 0.6 is 34.8 Å². The average molecular weight is 434 g/mol. The molecule has 0 fully saturated rings. The lowest BCUT2D eigenvalue weighted by Crippen LogP contribution is -2.23. The van der Waals surface area contributed by atoms with Crippen molar-refractivity contribution in [2.45, 2.75) is 0 Å². The predicted molar refractivity (Wildman–Crippen MR) is 110 cm³/mol. The van der Waals surface area contributed by atoms with Gasteiger partial charge in [-0.2, -0.15) is 5.10 Å². The van der Waals surface area contributed by atoms with E-state index in [0.717, 1.165) is 0 Å². The summed E-state index contributed by atoms with van der Waals surface area (Å²) in [6.07, 6.45) is 1.50. The Morgan fingerprint density at radius 2 is 1.86 bits per heavy atom. The van der Waals surface area contributed by atoms with Gasteiger partial charge in [0.2, 0.25) is 0 Å². The third kappa shape index (κ3) is 3.99. The molecular formula is C17H11BCl3N5O2. The second-order valence-corrected chi connectivity index (χ2v) is 6.77. The van der Waals surface area contributed by atoms with Gasteiger partial charge in [-0.3, -0.25) is 9.59 Å². The Balaban J connectivity index is 2.05. The molecule has 140 valence electrons. The number of anilines is 1. The molecule has 2 amide bonds. The summed E-state index contributed by atoms with van der Waals surface area (Å²) >= 11 is 18.3. The van der Waals surface area contributed by atoms with Gasteiger partial charge in [0.1, 0.15) is 13.5 Å². The highest BCUT2D eigenvalue weighted by molar-refractivity contribution is 6.38. The minimum absolute atomic E-state index is 0.0481. The van der Waals surface area contributed by atoms with Gasteiger partial charge in [0, 0.05) is 23.9 Å². The van der Waals surface area contributed by atoms with Crippen LogP contribution in [0.1, 0.15) is 20.8 Å². The molecule has 3 aromatic rings. The molecule has 2 aromatic heterocycles. The first-order valence-electron chi connectivity index (χ1n) is 7.80. The van der Waals surface area contributed by atoms with Crippen molar-refractivity contribution in [1.29, 1.82) is 0 Å². The van der Waals surface area contributed by atoms with Crippen LogP contribution in [0.5, 0.6) is 0 Å². The molecule has 2 heterocycles. The molecule has 28 heavy (non-hydrogen) atoms. The fraction of sp³-hybridized carbons (Fsp3) is 0.0588. The van der Waals surface area contributed by atoms with Crippen LogP contribution in [0.25, 0.3) is 5.82 Å². The first-order chi connectivity index (χ1) is 13.3. The lowest BCUT2D eigenvalue weighted by atomic mass is 10.1. The number of carbonyl (C=O) groups is 2. The number of aromatic nitrogens is 3. The van der Waals surface area contributed by atoms with Crippen LogP contribution in [0, 0.1) is 0 Å². The van der Waals surface area contributed by atoms with E-state index in [2.05, 4.69) is 20.7 Å². The van der Waals surface area contributed by atoms with Crippen LogP contribution in [-0.4, -0.2) is 41.5 Å². The Morgan fingerprint density at radius 3 is 2.54 bits per heavy atom. The van der Waals surface area contributed by atoms with E-state index in [9.17, 15) is 9.59 Å². The zero-order valence-electron chi connectivity index (χ0n) is 14.3. The smallest absolute Gasteiger partial charge is 0.274 e. The predicted octanol–water partition coefficient (Wildman–Crippen LogP) is 2.63. The molecule has 0 saturated carbocycles. The van der Waals surface area contributed by atoms with Crippen LogP contribution in [0.4, 0.5) is 5.69 Å². The van der Waals surface area contributed by atoms with Gasteiger partial charge in [-0.15, -0.1) is 0 Å². The van der Waals surface area contributed by atoms with Crippen LogP contribution in [0.2, 0.25) is 15.1 Å². The topological polar surface area (TPSA) is 88.9 Å². The normalized spacial score (nSPS) is 10.6. The zero-order valence-corrected chi connectivity index (χ0v) is 16.6. The number of hydrogen-bond acceptors (Lipinski definition) is 4. The molecule has 0 spiro atoms. The number of hydrogen-bond donors (Lipinski definition) is 2. The van der Waals surface area contributed by atoms with E-state index >= 15 is 0 Å². The molecule has 0 unspecified atom stereocenters. The highest BCUT2D eigenvalue weighted by Crippen LogP contribution is 2.31. The number of halogens is 3. The molecule has 0 aliphatic rings. The number of pyridine rings is 1. The van der Waals surface area contributed by atoms with Crippen molar-refractivity contribution >= 4 is 65.7 Å². The summed E-state index contributed by atoms with van der Waals surface area (Å²) in [7, 11) is 7.20. The zero-order chi connectivity index (χ0) is 20.4. The number of nitrogens with one attached hydrogen (secondary N) is 2. The van der Waals surface area contributed by atoms with Crippen LogP contribution in [0.3, 0.4) is 0 Å². The lowest BCUT2D eigenvalue weighted by Gasteiger charge is -2.13. The van der Waals surface area contributed by atoms with E-state index in [1.165, 1.54) is 36.1 Å². The van der Waals surface area contributed by atoms with Gasteiger partial charge < -0.3 is 10.6 Å². The second kappa shape index (κ2) is 8.22. The molecule has 2 radical (unpaired) electrons. The van der Waals surface area contributed by atoms with Gasteiger partial charge in [0.15, 0.2) is 5.82 Å². The molecule has 0 saturated heterocycles. The second-order valence-electron chi connectivity index (χ2n) is 5.52. The summed E-state index contributed by atoms with van der Waals surface area (Å²) in [5.74, 6) is -0.875. The Morgan fingerprint density at radius 1 is 1.11 bits per heavy atom. The molecule has 2 N–H and O–H groups in total. The van der Waals surface area contributed by atoms with Crippen molar-refractivity contribution in [2.75, 3.05) is 12.4 Å². The minimum Gasteiger partial charge on any atom is -0.355 e. The molecule has 0 aliphatic carbocycles. The fourth-order valence-electron chi connectivity index (χ4n) is 2.45. The maximum absolute atomic E-state index is 12.9. The minimum atomic E-state index is -0.625. The van der Waals surface area contributed by atoms with Gasteiger partial charge in [0.25, 0.3) is 11.8 Å². The van der Waals surface area contributed by atoms with E-state index in [1.54, 1.807) is 12.1 Å². The van der Waals surface area contributed by atoms with Crippen molar-refractivity contribution in [3.05, 3.63) is 62.9 Å². The SMILES string of the molecule is [B]c1cc(C(=O)Nc2c(Cl)cc(Cl)cc2C(=O)NC)n(-c2ncccc2Cl)n1. The summed E-state index contributed by atoms with van der Waals surface area (Å²) < 4.78 is 1.20. The third-order valence-electron chi connectivity index (χ3n) is 3.67. The molecule has 0 aliphatic heterocycles. The molecule has 0 atom stereocenters. The molecule has 7 nitrogen and oxygen atoms in total. The maximum Gasteiger partial charge on any atom is 0.274 e. The van der Waals surface area contributed by atoms with Crippen molar-refractivity contribution in [2.24, 2.45) is 0 Å². The number of rotatable bonds is 4. The largest absolute Gasteiger partial charge is 0.355 e. The van der Waals surface area contributed by atoms with Gasteiger partial charge in [-0.25, -0.2) is 9.67 Å². The van der Waals surface area contributed by atoms with Crippen molar-refractivity contribution < 1.29 is 9.59 Å². The van der Waals surface area contributed by atoms with Gasteiger partial charge in [-0.1, -0.05) is 34.8 Å². The maximum atomic E-state index is 12.9. The van der Waals surface area contributed by atoms with E-state index in [0.29, 0.717) is 0 Å². The highest BCUT2D eigenvalue weighted by Gasteiger charge is 2.22. The summed E-state index contributed by atoms with van der Waals surface area (Å²) in [6, 6.07) is 7.39. The van der Waals surface area contributed by atoms with Gasteiger partial charge in [-0.05, 0) is 30.3 Å². The average Bonchev–Trinajstić information content (AvgIpc) is 3.05. The Hall–Kier alpha value is -2.55. The first kappa shape index (κ1) is 20.2. The first-order valence-corrected chi connectivity index (χ1v) is 8.94. The molecule has 0 bridgehead atoms. The van der Waals surface area contributed by atoms with Gasteiger partial charge in [0.05, 0.1) is 21.3 Å². The van der Waals surface area contributed by atoms with Crippen molar-refractivity contribution in [3.63, 3.8) is 0 Å². The number of carbonyl (C=O) groups excluding carboxylic acids is 2. The Labute approximate surface area is 176 Å². The number of benzene rings is 1. The lowest BCUT2D eigenvalue weighted by molar-refractivity contribution is 0.0964. The summed E-state index contributed by atoms with van der Waals surface area (Å²) in [5.41, 5.74) is 0.324. The molecule has 3 rings (SSSR count). The van der Waals surface area contributed by atoms with E-state index in [1.807, 2.05) is 0 Å². The Kier molecular flexibility index (Phi) is 5.93. The van der Waals surface area contributed by atoms with Crippen LogP contribution in [-0.2, 0) is 0 Å². The quantitative estimate of drug-likeness (QED) is 0.618. The van der Waals surface area contributed by atoms with Crippen molar-refractivity contribution in [3.8, 4) is 5.82 Å². The standard InChI is InChI=1S/C17H11BCl3N5O2/c1-22-16(27)9-5-8(19)6-11(21)14(9)24-17(28)12-7-13(18)25-26(12)15-10(20)3-2-4-23-15/h2-7H,1H3,(H,22,27)(H,24,28). The highest BCUT2D eigenvalue weighted by atomic mass is 35.5. The summed E-state index contributed by atoms with van der Waals surface area (Å²) in [6.45, 7) is 0. The molecular weight excluding hydrogens is 423 g/mol. The number of nitrogens with zero attached hydrogens (tertiary/aromatic N) is 3. The van der Waals surface area contributed by atoms with E-state index in [-0.39, 0.29) is 43.4 Å². The molecule has 1 aromatic carbocycles. The van der Waals surface area contributed by atoms with E-state index in [4.69, 9.17) is 42.6 Å². The van der Waals surface area contributed by atoms with Crippen LogP contribution < -0.4 is 16.2 Å². The fourth-order valence-corrected chi connectivity index (χ4v) is 3.19. The summed E-state index contributed by atoms with van der Waals surface area (Å²) in [4.78, 5) is 29.2. The van der Waals surface area contributed by atoms with Gasteiger partial charge >= 0.3 is 0 Å². The number of amides is 2. The third-order valence-corrected chi connectivity index (χ3v) is 4.48. The monoisotopic (exact) mass is 433 g/mol. The van der Waals surface area contributed by atoms with Crippen molar-refractivity contribution in [1.82, 2.24) is 20.1 Å².